The van der Waals surface area contributed by atoms with Gasteiger partial charge in [0.05, 0.1) is 6.10 Å². The molecular weight excluding hydrogens is 220 g/mol. The van der Waals surface area contributed by atoms with Crippen molar-refractivity contribution in [2.24, 2.45) is 5.92 Å². The Morgan fingerprint density at radius 3 is 2.94 bits per heavy atom. The van der Waals surface area contributed by atoms with Crippen LogP contribution in [-0.2, 0) is 9.53 Å². The first-order valence-electron chi connectivity index (χ1n) is 5.97. The summed E-state index contributed by atoms with van der Waals surface area (Å²) in [4.78, 5) is 15.7. The van der Waals surface area contributed by atoms with Gasteiger partial charge in [-0.15, -0.1) is 5.10 Å². The highest BCUT2D eigenvalue weighted by atomic mass is 16.5. The van der Waals surface area contributed by atoms with Gasteiger partial charge in [-0.05, 0) is 32.6 Å². The summed E-state index contributed by atoms with van der Waals surface area (Å²) in [5, 5.41) is 9.22. The van der Waals surface area contributed by atoms with Gasteiger partial charge in [-0.25, -0.2) is 0 Å². The van der Waals surface area contributed by atoms with Crippen molar-refractivity contribution in [3.8, 4) is 0 Å². The number of carbonyl (C=O) groups is 1. The van der Waals surface area contributed by atoms with E-state index in [0.29, 0.717) is 30.2 Å². The predicted octanol–water partition coefficient (Wildman–Crippen LogP) is 1.26. The van der Waals surface area contributed by atoms with Crippen LogP contribution in [0.5, 0.6) is 0 Å². The van der Waals surface area contributed by atoms with Crippen molar-refractivity contribution >= 4 is 11.9 Å². The number of nitrogens with zero attached hydrogens (tertiary/aromatic N) is 2. The van der Waals surface area contributed by atoms with Gasteiger partial charge in [-0.2, -0.15) is 4.98 Å². The molecule has 1 fully saturated rings. The Bertz CT molecular complexity index is 385. The highest BCUT2D eigenvalue weighted by Gasteiger charge is 2.31. The summed E-state index contributed by atoms with van der Waals surface area (Å²) >= 11 is 0. The summed E-state index contributed by atoms with van der Waals surface area (Å²) in [5.74, 6) is 1.46. The summed E-state index contributed by atoms with van der Waals surface area (Å²) in [6.45, 7) is 4.53. The fraction of sp³-hybridized carbons (Fsp3) is 0.727. The molecular formula is C11H18N4O2. The number of aryl methyl sites for hydroxylation is 1. The summed E-state index contributed by atoms with van der Waals surface area (Å²) in [5.41, 5.74) is 0. The number of amides is 1. The fourth-order valence-corrected chi connectivity index (χ4v) is 2.05. The van der Waals surface area contributed by atoms with Crippen molar-refractivity contribution in [1.29, 1.82) is 0 Å². The Labute approximate surface area is 100 Å². The van der Waals surface area contributed by atoms with Gasteiger partial charge in [-0.3, -0.25) is 15.2 Å². The molecule has 94 valence electrons. The van der Waals surface area contributed by atoms with Gasteiger partial charge >= 0.3 is 0 Å². The van der Waals surface area contributed by atoms with Crippen LogP contribution >= 0.6 is 0 Å². The standard InChI is InChI=1S/C11H18N4O2/c1-3-17-9-4-8(5-9)6-10(16)13-11-12-7(2)14-15-11/h8-9H,3-6H2,1-2H3,(H2,12,13,14,15,16). The van der Waals surface area contributed by atoms with Gasteiger partial charge in [-0.1, -0.05) is 0 Å². The number of H-pyrrole nitrogens is 1. The molecule has 1 heterocycles. The summed E-state index contributed by atoms with van der Waals surface area (Å²) < 4.78 is 5.45. The van der Waals surface area contributed by atoms with Crippen molar-refractivity contribution < 1.29 is 9.53 Å². The molecule has 0 unspecified atom stereocenters. The molecule has 1 saturated carbocycles. The topological polar surface area (TPSA) is 79.9 Å². The maximum absolute atomic E-state index is 11.6. The van der Waals surface area contributed by atoms with Crippen LogP contribution < -0.4 is 5.32 Å². The van der Waals surface area contributed by atoms with Crippen LogP contribution in [-0.4, -0.2) is 33.8 Å². The van der Waals surface area contributed by atoms with E-state index in [1.807, 2.05) is 6.92 Å². The highest BCUT2D eigenvalue weighted by molar-refractivity contribution is 5.89. The molecule has 2 N–H and O–H groups in total. The maximum atomic E-state index is 11.6. The second kappa shape index (κ2) is 5.27. The average Bonchev–Trinajstić information content (AvgIpc) is 2.61. The first kappa shape index (κ1) is 12.0. The molecule has 17 heavy (non-hydrogen) atoms. The molecule has 2 rings (SSSR count). The van der Waals surface area contributed by atoms with Gasteiger partial charge in [0.2, 0.25) is 11.9 Å². The summed E-state index contributed by atoms with van der Waals surface area (Å²) in [6, 6.07) is 0. The Balaban J connectivity index is 1.69. The van der Waals surface area contributed by atoms with Crippen LogP contribution in [0.4, 0.5) is 5.95 Å². The second-order valence-electron chi connectivity index (χ2n) is 4.41. The van der Waals surface area contributed by atoms with Gasteiger partial charge < -0.3 is 4.74 Å². The molecule has 1 aliphatic rings. The molecule has 0 bridgehead atoms. The molecule has 0 atom stereocenters. The minimum atomic E-state index is -0.0241. The van der Waals surface area contributed by atoms with Crippen molar-refractivity contribution in [3.05, 3.63) is 5.82 Å². The molecule has 0 aromatic carbocycles. The largest absolute Gasteiger partial charge is 0.378 e. The zero-order chi connectivity index (χ0) is 12.3. The van der Waals surface area contributed by atoms with Gasteiger partial charge in [0, 0.05) is 13.0 Å². The molecule has 1 aromatic rings. The molecule has 0 radical (unpaired) electrons. The van der Waals surface area contributed by atoms with E-state index in [1.54, 1.807) is 6.92 Å². The number of anilines is 1. The SMILES string of the molecule is CCOC1CC(CC(=O)Nc2n[nH]c(C)n2)C1. The Hall–Kier alpha value is -1.43. The van der Waals surface area contributed by atoms with E-state index < -0.39 is 0 Å². The molecule has 6 heteroatoms. The zero-order valence-electron chi connectivity index (χ0n) is 10.2. The number of ether oxygens (including phenoxy) is 1. The number of rotatable bonds is 5. The monoisotopic (exact) mass is 238 g/mol. The molecule has 1 aromatic heterocycles. The van der Waals surface area contributed by atoms with Crippen molar-refractivity contribution in [1.82, 2.24) is 15.2 Å². The summed E-state index contributed by atoms with van der Waals surface area (Å²) in [7, 11) is 0. The maximum Gasteiger partial charge on any atom is 0.248 e. The normalized spacial score (nSPS) is 23.2. The number of nitrogens with one attached hydrogen (secondary N) is 2. The first-order valence-corrected chi connectivity index (χ1v) is 5.97. The van der Waals surface area contributed by atoms with E-state index in [4.69, 9.17) is 4.74 Å². The Morgan fingerprint density at radius 1 is 1.59 bits per heavy atom. The van der Waals surface area contributed by atoms with Crippen LogP contribution in [0.15, 0.2) is 0 Å². The number of aromatic amines is 1. The number of hydrogen-bond donors (Lipinski definition) is 2. The van der Waals surface area contributed by atoms with Gasteiger partial charge in [0.1, 0.15) is 5.82 Å². The van der Waals surface area contributed by atoms with Crippen LogP contribution in [0.3, 0.4) is 0 Å². The number of hydrogen-bond acceptors (Lipinski definition) is 4. The van der Waals surface area contributed by atoms with Crippen LogP contribution in [0.2, 0.25) is 0 Å². The Morgan fingerprint density at radius 2 is 2.35 bits per heavy atom. The van der Waals surface area contributed by atoms with Crippen molar-refractivity contribution in [3.63, 3.8) is 0 Å². The molecule has 1 amide bonds. The van der Waals surface area contributed by atoms with E-state index in [0.717, 1.165) is 19.4 Å². The lowest BCUT2D eigenvalue weighted by Gasteiger charge is -2.34. The highest BCUT2D eigenvalue weighted by Crippen LogP contribution is 2.32. The average molecular weight is 238 g/mol. The third kappa shape index (κ3) is 3.26. The van der Waals surface area contributed by atoms with Gasteiger partial charge in [0.15, 0.2) is 0 Å². The smallest absolute Gasteiger partial charge is 0.248 e. The van der Waals surface area contributed by atoms with E-state index in [-0.39, 0.29) is 5.91 Å². The van der Waals surface area contributed by atoms with E-state index in [9.17, 15) is 4.79 Å². The lowest BCUT2D eigenvalue weighted by Crippen LogP contribution is -2.34. The number of carbonyl (C=O) groups excluding carboxylic acids is 1. The third-order valence-corrected chi connectivity index (χ3v) is 2.92. The molecule has 0 saturated heterocycles. The lowest BCUT2D eigenvalue weighted by molar-refractivity contribution is -0.119. The lowest BCUT2D eigenvalue weighted by atomic mass is 9.80. The van der Waals surface area contributed by atoms with Crippen LogP contribution in [0, 0.1) is 12.8 Å². The first-order chi connectivity index (χ1) is 8.17. The Kier molecular flexibility index (Phi) is 3.73. The minimum absolute atomic E-state index is 0.0241. The fourth-order valence-electron chi connectivity index (χ4n) is 2.05. The van der Waals surface area contributed by atoms with E-state index in [1.165, 1.54) is 0 Å². The van der Waals surface area contributed by atoms with Gasteiger partial charge in [0.25, 0.3) is 0 Å². The van der Waals surface area contributed by atoms with Crippen molar-refractivity contribution in [2.45, 2.75) is 39.2 Å². The zero-order valence-corrected chi connectivity index (χ0v) is 10.2. The van der Waals surface area contributed by atoms with E-state index >= 15 is 0 Å². The third-order valence-electron chi connectivity index (χ3n) is 2.92. The van der Waals surface area contributed by atoms with Crippen LogP contribution in [0.25, 0.3) is 0 Å². The molecule has 6 nitrogen and oxygen atoms in total. The van der Waals surface area contributed by atoms with Crippen molar-refractivity contribution in [2.75, 3.05) is 11.9 Å². The molecule has 0 aliphatic heterocycles. The minimum Gasteiger partial charge on any atom is -0.378 e. The molecule has 0 spiro atoms. The summed E-state index contributed by atoms with van der Waals surface area (Å²) in [6.07, 6.45) is 2.84. The van der Waals surface area contributed by atoms with E-state index in [2.05, 4.69) is 20.5 Å². The predicted molar refractivity (Wildman–Crippen MR) is 62.5 cm³/mol. The second-order valence-corrected chi connectivity index (χ2v) is 4.41. The molecule has 1 aliphatic carbocycles. The number of aromatic nitrogens is 3. The quantitative estimate of drug-likeness (QED) is 0.809. The van der Waals surface area contributed by atoms with Crippen LogP contribution in [0.1, 0.15) is 32.0 Å².